The molecule has 2 amide bonds. The third kappa shape index (κ3) is 3.71. The van der Waals surface area contributed by atoms with Gasteiger partial charge in [0.15, 0.2) is 0 Å². The highest BCUT2D eigenvalue weighted by molar-refractivity contribution is 5.83. The van der Waals surface area contributed by atoms with Gasteiger partial charge in [-0.1, -0.05) is 30.3 Å². The average Bonchev–Trinajstić information content (AvgIpc) is 2.86. The summed E-state index contributed by atoms with van der Waals surface area (Å²) in [4.78, 5) is 24.6. The van der Waals surface area contributed by atoms with Crippen molar-refractivity contribution in [3.05, 3.63) is 35.9 Å². The maximum absolute atomic E-state index is 11.9. The number of urea groups is 1. The van der Waals surface area contributed by atoms with Gasteiger partial charge in [0.2, 0.25) is 0 Å². The lowest BCUT2D eigenvalue weighted by Gasteiger charge is -2.20. The minimum absolute atomic E-state index is 0.234. The number of carboxylic acid groups (broad SMARTS) is 1. The zero-order chi connectivity index (χ0) is 14.5. The summed E-state index contributed by atoms with van der Waals surface area (Å²) < 4.78 is 0. The van der Waals surface area contributed by atoms with Crippen molar-refractivity contribution in [2.45, 2.75) is 25.0 Å². The summed E-state index contributed by atoms with van der Waals surface area (Å²) in [5.41, 5.74) is 0.849. The highest BCUT2D eigenvalue weighted by atomic mass is 16.4. The summed E-state index contributed by atoms with van der Waals surface area (Å²) in [6, 6.07) is 7.74. The van der Waals surface area contributed by atoms with E-state index in [0.29, 0.717) is 13.0 Å². The van der Waals surface area contributed by atoms with Gasteiger partial charge in [0, 0.05) is 19.5 Å². The lowest BCUT2D eigenvalue weighted by Crippen LogP contribution is -2.48. The Morgan fingerprint density at radius 2 is 2.05 bits per heavy atom. The van der Waals surface area contributed by atoms with Crippen LogP contribution in [0.1, 0.15) is 12.0 Å². The number of carboxylic acids is 1. The van der Waals surface area contributed by atoms with E-state index in [2.05, 4.69) is 5.32 Å². The average molecular weight is 278 g/mol. The summed E-state index contributed by atoms with van der Waals surface area (Å²) in [5.74, 6) is -1.07. The molecule has 0 aromatic heterocycles. The Morgan fingerprint density at radius 1 is 1.35 bits per heavy atom. The molecule has 2 rings (SSSR count). The predicted octanol–water partition coefficient (Wildman–Crippen LogP) is 0.459. The Balaban J connectivity index is 1.96. The number of nitrogens with zero attached hydrogens (tertiary/aromatic N) is 1. The first-order chi connectivity index (χ1) is 9.56. The van der Waals surface area contributed by atoms with E-state index < -0.39 is 24.1 Å². The maximum Gasteiger partial charge on any atom is 0.326 e. The van der Waals surface area contributed by atoms with Crippen LogP contribution in [0, 0.1) is 0 Å². The lowest BCUT2D eigenvalue weighted by molar-refractivity contribution is -0.139. The summed E-state index contributed by atoms with van der Waals surface area (Å²) in [6.45, 7) is 0.703. The predicted molar refractivity (Wildman–Crippen MR) is 72.3 cm³/mol. The first kappa shape index (κ1) is 14.3. The quantitative estimate of drug-likeness (QED) is 0.746. The highest BCUT2D eigenvalue weighted by Gasteiger charge is 2.28. The molecular weight excluding hydrogens is 260 g/mol. The molecule has 0 spiro atoms. The SMILES string of the molecule is O=C(O)[C@H](Cc1ccccc1)NC(=O)N1CCC(O)C1. The van der Waals surface area contributed by atoms with E-state index in [1.54, 1.807) is 0 Å². The lowest BCUT2D eigenvalue weighted by atomic mass is 10.1. The number of carbonyl (C=O) groups excluding carboxylic acids is 1. The molecule has 108 valence electrons. The molecule has 1 aliphatic heterocycles. The van der Waals surface area contributed by atoms with E-state index in [0.717, 1.165) is 5.56 Å². The van der Waals surface area contributed by atoms with E-state index in [1.165, 1.54) is 4.90 Å². The van der Waals surface area contributed by atoms with Crippen LogP contribution in [0.2, 0.25) is 0 Å². The zero-order valence-electron chi connectivity index (χ0n) is 11.0. The molecule has 0 saturated carbocycles. The molecule has 6 heteroatoms. The normalized spacial score (nSPS) is 19.6. The van der Waals surface area contributed by atoms with Crippen LogP contribution in [0.5, 0.6) is 0 Å². The molecule has 20 heavy (non-hydrogen) atoms. The molecule has 1 heterocycles. The number of hydrogen-bond acceptors (Lipinski definition) is 3. The number of carbonyl (C=O) groups is 2. The molecule has 0 aliphatic carbocycles. The number of likely N-dealkylation sites (tertiary alicyclic amines) is 1. The third-order valence-electron chi connectivity index (χ3n) is 3.33. The van der Waals surface area contributed by atoms with Gasteiger partial charge in [-0.05, 0) is 12.0 Å². The number of nitrogens with one attached hydrogen (secondary N) is 1. The third-order valence-corrected chi connectivity index (χ3v) is 3.33. The van der Waals surface area contributed by atoms with E-state index in [9.17, 15) is 19.8 Å². The van der Waals surface area contributed by atoms with E-state index in [4.69, 9.17) is 0 Å². The molecule has 1 aromatic carbocycles. The van der Waals surface area contributed by atoms with Crippen molar-refractivity contribution < 1.29 is 19.8 Å². The standard InChI is InChI=1S/C14H18N2O4/c17-11-6-7-16(9-11)14(20)15-12(13(18)19)8-10-4-2-1-3-5-10/h1-5,11-12,17H,6-9H2,(H,15,20)(H,18,19)/t11?,12-/m0/s1. The second-order valence-corrected chi connectivity index (χ2v) is 4.92. The molecular formula is C14H18N2O4. The Hall–Kier alpha value is -2.08. The Bertz CT molecular complexity index is 477. The Morgan fingerprint density at radius 3 is 2.60 bits per heavy atom. The smallest absolute Gasteiger partial charge is 0.326 e. The Labute approximate surface area is 117 Å². The van der Waals surface area contributed by atoms with Crippen molar-refractivity contribution in [3.63, 3.8) is 0 Å². The fraction of sp³-hybridized carbons (Fsp3) is 0.429. The number of aliphatic hydroxyl groups is 1. The van der Waals surface area contributed by atoms with Crippen LogP contribution < -0.4 is 5.32 Å². The van der Waals surface area contributed by atoms with Gasteiger partial charge in [0.1, 0.15) is 6.04 Å². The van der Waals surface area contributed by atoms with Crippen LogP contribution in [0.15, 0.2) is 30.3 Å². The molecule has 0 bridgehead atoms. The molecule has 0 radical (unpaired) electrons. The van der Waals surface area contributed by atoms with Crippen molar-refractivity contribution in [1.29, 1.82) is 0 Å². The molecule has 1 unspecified atom stereocenters. The van der Waals surface area contributed by atoms with Crippen molar-refractivity contribution >= 4 is 12.0 Å². The fourth-order valence-electron chi connectivity index (χ4n) is 2.22. The largest absolute Gasteiger partial charge is 0.480 e. The van der Waals surface area contributed by atoms with Gasteiger partial charge in [0.25, 0.3) is 0 Å². The summed E-state index contributed by atoms with van der Waals surface area (Å²) in [5, 5.41) is 21.1. The van der Waals surface area contributed by atoms with Gasteiger partial charge in [-0.25, -0.2) is 9.59 Å². The minimum atomic E-state index is -1.07. The molecule has 1 aromatic rings. The van der Waals surface area contributed by atoms with Gasteiger partial charge < -0.3 is 20.4 Å². The Kier molecular flexibility index (Phi) is 4.57. The van der Waals surface area contributed by atoms with Crippen molar-refractivity contribution in [3.8, 4) is 0 Å². The number of amides is 2. The molecule has 2 atom stereocenters. The van der Waals surface area contributed by atoms with Crippen LogP contribution >= 0.6 is 0 Å². The number of aliphatic carboxylic acids is 1. The second-order valence-electron chi connectivity index (χ2n) is 4.92. The number of rotatable bonds is 4. The summed E-state index contributed by atoms with van der Waals surface area (Å²) in [7, 11) is 0. The van der Waals surface area contributed by atoms with Gasteiger partial charge in [0.05, 0.1) is 6.10 Å². The van der Waals surface area contributed by atoms with Crippen molar-refractivity contribution in [1.82, 2.24) is 10.2 Å². The van der Waals surface area contributed by atoms with Crippen LogP contribution in [0.25, 0.3) is 0 Å². The number of benzene rings is 1. The molecule has 3 N–H and O–H groups in total. The van der Waals surface area contributed by atoms with Crippen LogP contribution in [-0.4, -0.2) is 52.3 Å². The zero-order valence-corrected chi connectivity index (χ0v) is 11.0. The molecule has 1 saturated heterocycles. The molecule has 6 nitrogen and oxygen atoms in total. The van der Waals surface area contributed by atoms with Crippen LogP contribution in [0.3, 0.4) is 0 Å². The molecule has 1 aliphatic rings. The van der Waals surface area contributed by atoms with E-state index in [-0.39, 0.29) is 13.0 Å². The first-order valence-corrected chi connectivity index (χ1v) is 6.56. The monoisotopic (exact) mass is 278 g/mol. The van der Waals surface area contributed by atoms with E-state index >= 15 is 0 Å². The topological polar surface area (TPSA) is 89.9 Å². The van der Waals surface area contributed by atoms with E-state index in [1.807, 2.05) is 30.3 Å². The van der Waals surface area contributed by atoms with Crippen LogP contribution in [-0.2, 0) is 11.2 Å². The minimum Gasteiger partial charge on any atom is -0.480 e. The summed E-state index contributed by atoms with van der Waals surface area (Å²) in [6.07, 6.45) is 0.250. The van der Waals surface area contributed by atoms with Crippen molar-refractivity contribution in [2.24, 2.45) is 0 Å². The number of aliphatic hydroxyl groups excluding tert-OH is 1. The molecule has 1 fully saturated rings. The maximum atomic E-state index is 11.9. The first-order valence-electron chi connectivity index (χ1n) is 6.56. The number of hydrogen-bond donors (Lipinski definition) is 3. The van der Waals surface area contributed by atoms with Crippen molar-refractivity contribution in [2.75, 3.05) is 13.1 Å². The highest BCUT2D eigenvalue weighted by Crippen LogP contribution is 2.10. The van der Waals surface area contributed by atoms with Gasteiger partial charge in [-0.15, -0.1) is 0 Å². The van der Waals surface area contributed by atoms with Gasteiger partial charge >= 0.3 is 12.0 Å². The summed E-state index contributed by atoms with van der Waals surface area (Å²) >= 11 is 0. The van der Waals surface area contributed by atoms with Gasteiger partial charge in [-0.3, -0.25) is 0 Å². The fourth-order valence-corrected chi connectivity index (χ4v) is 2.22. The van der Waals surface area contributed by atoms with Crippen LogP contribution in [0.4, 0.5) is 4.79 Å². The van der Waals surface area contributed by atoms with Gasteiger partial charge in [-0.2, -0.15) is 0 Å². The second kappa shape index (κ2) is 6.38. The number of β-amino-alcohol motifs (C(OH)–C–C–N with tert-alkyl or cyclic N) is 1.